The number of anilines is 3. The van der Waals surface area contributed by atoms with Gasteiger partial charge in [0.15, 0.2) is 11.4 Å². The molecule has 240 valence electrons. The van der Waals surface area contributed by atoms with Crippen LogP contribution in [0.4, 0.5) is 17.1 Å². The van der Waals surface area contributed by atoms with Crippen LogP contribution in [0.15, 0.2) is 180 Å². The molecule has 0 aliphatic carbocycles. The summed E-state index contributed by atoms with van der Waals surface area (Å²) in [7, 11) is 0. The highest BCUT2D eigenvalue weighted by atomic mass is 32.1. The van der Waals surface area contributed by atoms with Crippen LogP contribution in [0, 0.1) is 0 Å². The predicted octanol–water partition coefficient (Wildman–Crippen LogP) is 13.2. The zero-order valence-corrected chi connectivity index (χ0v) is 28.2. The topological polar surface area (TPSA) is 42.2 Å². The van der Waals surface area contributed by atoms with E-state index in [1.165, 1.54) is 15.8 Å². The lowest BCUT2D eigenvalue weighted by Crippen LogP contribution is -2.10. The fourth-order valence-electron chi connectivity index (χ4n) is 7.05. The van der Waals surface area contributed by atoms with Crippen LogP contribution in [0.5, 0.6) is 0 Å². The lowest BCUT2D eigenvalue weighted by atomic mass is 10.0. The highest BCUT2D eigenvalue weighted by Gasteiger charge is 2.21. The van der Waals surface area contributed by atoms with E-state index in [4.69, 9.17) is 14.4 Å². The molecule has 7 aromatic carbocycles. The Balaban J connectivity index is 1.13. The number of hydrogen-bond donors (Lipinski definition) is 0. The van der Waals surface area contributed by atoms with Gasteiger partial charge in [-0.1, -0.05) is 127 Å². The number of rotatable bonds is 6. The van der Waals surface area contributed by atoms with Gasteiger partial charge in [-0.2, -0.15) is 0 Å². The second-order valence-corrected chi connectivity index (χ2v) is 13.6. The van der Waals surface area contributed by atoms with Crippen molar-refractivity contribution in [3.05, 3.63) is 176 Å². The number of nitrogens with zero attached hydrogens (tertiary/aromatic N) is 3. The van der Waals surface area contributed by atoms with Crippen molar-refractivity contribution in [2.24, 2.45) is 0 Å². The fourth-order valence-corrected chi connectivity index (χ4v) is 8.20. The monoisotopic (exact) mass is 671 g/mol. The minimum Gasteiger partial charge on any atom is -0.454 e. The first-order valence-corrected chi connectivity index (χ1v) is 17.8. The van der Waals surface area contributed by atoms with Crippen molar-refractivity contribution in [3.8, 4) is 33.8 Å². The molecule has 0 fully saturated rings. The van der Waals surface area contributed by atoms with Crippen LogP contribution < -0.4 is 4.90 Å². The Hall–Kier alpha value is -6.56. The first-order chi connectivity index (χ1) is 25.3. The molecule has 0 amide bonds. The number of fused-ring (bicyclic) bond motifs is 6. The fraction of sp³-hybridized carbons (Fsp3) is 0. The largest absolute Gasteiger partial charge is 0.454 e. The summed E-state index contributed by atoms with van der Waals surface area (Å²) < 4.78 is 9.12. The number of thiophene rings is 1. The quantitative estimate of drug-likeness (QED) is 0.176. The molecular weight excluding hydrogens is 643 g/mol. The lowest BCUT2D eigenvalue weighted by Gasteiger charge is -2.25. The number of furan rings is 1. The first kappa shape index (κ1) is 29.4. The van der Waals surface area contributed by atoms with Crippen molar-refractivity contribution >= 4 is 70.6 Å². The molecule has 0 bridgehead atoms. The molecule has 10 rings (SSSR count). The molecule has 0 unspecified atom stereocenters. The van der Waals surface area contributed by atoms with Gasteiger partial charge < -0.3 is 9.32 Å². The summed E-state index contributed by atoms with van der Waals surface area (Å²) in [6.45, 7) is 0. The molecule has 0 aliphatic rings. The molecule has 0 atom stereocenters. The van der Waals surface area contributed by atoms with Gasteiger partial charge in [-0.25, -0.2) is 9.97 Å². The van der Waals surface area contributed by atoms with Crippen LogP contribution >= 0.6 is 11.3 Å². The zero-order chi connectivity index (χ0) is 33.7. The molecule has 3 aromatic heterocycles. The van der Waals surface area contributed by atoms with Crippen LogP contribution in [-0.4, -0.2) is 9.97 Å². The Labute approximate surface area is 298 Å². The Morgan fingerprint density at radius 2 is 1.10 bits per heavy atom. The molecule has 10 aromatic rings. The standard InChI is InChI=1S/C46H29N3OS/c1-4-13-30(14-5-1)31-23-26-35(27-24-31)49(34-17-8-3-9-18-34)39-21-12-20-37-36-28-25-33(29-40(36)50-44(37)39)46-47-42(32-15-6-2-7-16-32)45-43(48-46)38-19-10-11-22-41(38)51-45/h1-29H. The average Bonchev–Trinajstić information content (AvgIpc) is 3.78. The molecule has 3 heterocycles. The van der Waals surface area contributed by atoms with Crippen molar-refractivity contribution in [1.82, 2.24) is 9.97 Å². The highest BCUT2D eigenvalue weighted by Crippen LogP contribution is 2.44. The van der Waals surface area contributed by atoms with Crippen LogP contribution in [0.3, 0.4) is 0 Å². The van der Waals surface area contributed by atoms with Crippen molar-refractivity contribution in [2.75, 3.05) is 4.90 Å². The Bertz CT molecular complexity index is 2840. The number of benzene rings is 7. The van der Waals surface area contributed by atoms with E-state index < -0.39 is 0 Å². The van der Waals surface area contributed by atoms with Gasteiger partial charge in [0.25, 0.3) is 0 Å². The molecule has 51 heavy (non-hydrogen) atoms. The van der Waals surface area contributed by atoms with E-state index >= 15 is 0 Å². The Kier molecular flexibility index (Phi) is 6.96. The second kappa shape index (κ2) is 12.1. The Morgan fingerprint density at radius 1 is 0.471 bits per heavy atom. The molecule has 0 spiro atoms. The van der Waals surface area contributed by atoms with Gasteiger partial charge in [-0.3, -0.25) is 0 Å². The minimum atomic E-state index is 0.678. The van der Waals surface area contributed by atoms with E-state index in [1.807, 2.05) is 18.2 Å². The third-order valence-corrected chi connectivity index (χ3v) is 10.7. The van der Waals surface area contributed by atoms with Gasteiger partial charge in [0.2, 0.25) is 0 Å². The van der Waals surface area contributed by atoms with E-state index in [-0.39, 0.29) is 0 Å². The van der Waals surface area contributed by atoms with Gasteiger partial charge in [-0.15, -0.1) is 11.3 Å². The van der Waals surface area contributed by atoms with E-state index in [1.54, 1.807) is 11.3 Å². The minimum absolute atomic E-state index is 0.678. The molecular formula is C46H29N3OS. The molecule has 5 heteroatoms. The summed E-state index contributed by atoms with van der Waals surface area (Å²) >= 11 is 1.74. The first-order valence-electron chi connectivity index (χ1n) is 17.0. The summed E-state index contributed by atoms with van der Waals surface area (Å²) in [5, 5.41) is 3.25. The van der Waals surface area contributed by atoms with Crippen LogP contribution in [0.2, 0.25) is 0 Å². The number of hydrogen-bond acceptors (Lipinski definition) is 5. The maximum absolute atomic E-state index is 6.83. The molecule has 4 nitrogen and oxygen atoms in total. The van der Waals surface area contributed by atoms with E-state index in [2.05, 4.69) is 163 Å². The van der Waals surface area contributed by atoms with Crippen LogP contribution in [0.25, 0.3) is 76.0 Å². The van der Waals surface area contributed by atoms with E-state index in [9.17, 15) is 0 Å². The van der Waals surface area contributed by atoms with Gasteiger partial charge in [0.05, 0.1) is 21.6 Å². The number of aromatic nitrogens is 2. The highest BCUT2D eigenvalue weighted by molar-refractivity contribution is 7.26. The van der Waals surface area contributed by atoms with Gasteiger partial charge >= 0.3 is 0 Å². The van der Waals surface area contributed by atoms with Crippen LogP contribution in [-0.2, 0) is 0 Å². The third-order valence-electron chi connectivity index (χ3n) is 9.49. The molecule has 0 aliphatic heterocycles. The summed E-state index contributed by atoms with van der Waals surface area (Å²) in [6, 6.07) is 61.3. The van der Waals surface area contributed by atoms with E-state index in [0.717, 1.165) is 71.4 Å². The smallest absolute Gasteiger partial charge is 0.160 e. The van der Waals surface area contributed by atoms with Crippen molar-refractivity contribution < 1.29 is 4.42 Å². The maximum atomic E-state index is 6.83. The van der Waals surface area contributed by atoms with Gasteiger partial charge in [0, 0.05) is 43.4 Å². The molecule has 0 saturated carbocycles. The summed E-state index contributed by atoms with van der Waals surface area (Å²) in [5.74, 6) is 0.678. The van der Waals surface area contributed by atoms with Gasteiger partial charge in [-0.05, 0) is 59.7 Å². The van der Waals surface area contributed by atoms with E-state index in [0.29, 0.717) is 5.82 Å². The van der Waals surface area contributed by atoms with Crippen LogP contribution in [0.1, 0.15) is 0 Å². The SMILES string of the molecule is c1ccc(-c2ccc(N(c3ccccc3)c3cccc4c3oc3cc(-c5nc(-c6ccccc6)c6sc7ccccc7c6n5)ccc34)cc2)cc1. The van der Waals surface area contributed by atoms with Crippen molar-refractivity contribution in [1.29, 1.82) is 0 Å². The average molecular weight is 672 g/mol. The van der Waals surface area contributed by atoms with Gasteiger partial charge in [0.1, 0.15) is 5.58 Å². The second-order valence-electron chi connectivity index (χ2n) is 12.6. The molecule has 0 saturated heterocycles. The summed E-state index contributed by atoms with van der Waals surface area (Å²) in [4.78, 5) is 12.7. The van der Waals surface area contributed by atoms with Crippen molar-refractivity contribution in [2.45, 2.75) is 0 Å². The maximum Gasteiger partial charge on any atom is 0.160 e. The lowest BCUT2D eigenvalue weighted by molar-refractivity contribution is 0.669. The number of para-hydroxylation sites is 2. The Morgan fingerprint density at radius 3 is 1.88 bits per heavy atom. The zero-order valence-electron chi connectivity index (χ0n) is 27.4. The normalized spacial score (nSPS) is 11.5. The summed E-state index contributed by atoms with van der Waals surface area (Å²) in [5.41, 5.74) is 11.0. The predicted molar refractivity (Wildman–Crippen MR) is 213 cm³/mol. The summed E-state index contributed by atoms with van der Waals surface area (Å²) in [6.07, 6.45) is 0. The third kappa shape index (κ3) is 5.06. The molecule has 0 radical (unpaired) electrons. The molecule has 0 N–H and O–H groups in total. The van der Waals surface area contributed by atoms with Crippen molar-refractivity contribution in [3.63, 3.8) is 0 Å².